The Morgan fingerprint density at radius 1 is 0.710 bits per heavy atom. The number of hydrogen-bond acceptors (Lipinski definition) is 4. The van der Waals surface area contributed by atoms with Gasteiger partial charge in [0, 0.05) is 48.5 Å². The maximum Gasteiger partial charge on any atom is 0.216 e. The molecule has 0 saturated carbocycles. The van der Waals surface area contributed by atoms with E-state index in [0.29, 0.717) is 11.6 Å². The van der Waals surface area contributed by atoms with E-state index < -0.39 is 8.07 Å². The third-order valence-corrected chi connectivity index (χ3v) is 13.2. The number of hydrogen-bond donors (Lipinski definition) is 0. The van der Waals surface area contributed by atoms with E-state index in [4.69, 9.17) is 14.4 Å². The summed E-state index contributed by atoms with van der Waals surface area (Å²) in [6, 6.07) is 60.7. The molecular weight excluding hydrogens is 953 g/mol. The Bertz CT molecular complexity index is 3130. The average molecular weight is 1000 g/mol. The van der Waals surface area contributed by atoms with Gasteiger partial charge in [-0.2, -0.15) is 0 Å². The first kappa shape index (κ1) is 42.4. The van der Waals surface area contributed by atoms with E-state index in [9.17, 15) is 0 Å². The largest absolute Gasteiger partial charge is 0.486 e. The van der Waals surface area contributed by atoms with E-state index in [1.807, 2.05) is 54.6 Å². The zero-order valence-electron chi connectivity index (χ0n) is 35.9. The zero-order chi connectivity index (χ0) is 42.1. The van der Waals surface area contributed by atoms with E-state index >= 15 is 0 Å². The molecule has 0 amide bonds. The van der Waals surface area contributed by atoms with Crippen LogP contribution in [0.4, 0.5) is 0 Å². The molecule has 10 aromatic rings. The Hall–Kier alpha value is -6.24. The molecule has 0 aliphatic heterocycles. The van der Waals surface area contributed by atoms with Crippen LogP contribution in [0.2, 0.25) is 19.6 Å². The van der Waals surface area contributed by atoms with Crippen LogP contribution in [0.1, 0.15) is 25.0 Å². The predicted molar refractivity (Wildman–Crippen MR) is 256 cm³/mol. The molecule has 1 radical (unpaired) electrons. The van der Waals surface area contributed by atoms with Crippen molar-refractivity contribution in [1.82, 2.24) is 19.5 Å². The number of aryl methyl sites for hydroxylation is 1. The molecule has 0 N–H and O–H groups in total. The van der Waals surface area contributed by atoms with Crippen LogP contribution in [-0.2, 0) is 26.5 Å². The summed E-state index contributed by atoms with van der Waals surface area (Å²) in [6.07, 6.45) is 3.24. The number of rotatable bonds is 8. The first-order valence-corrected chi connectivity index (χ1v) is 24.5. The summed E-state index contributed by atoms with van der Waals surface area (Å²) in [7, 11) is -1.34. The van der Waals surface area contributed by atoms with E-state index in [1.54, 1.807) is 0 Å². The summed E-state index contributed by atoms with van der Waals surface area (Å²) in [5.41, 5.74) is 14.0. The van der Waals surface area contributed by atoms with Crippen molar-refractivity contribution in [3.63, 3.8) is 0 Å². The van der Waals surface area contributed by atoms with Crippen molar-refractivity contribution in [1.29, 1.82) is 0 Å². The quantitative estimate of drug-likeness (QED) is 0.112. The smallest absolute Gasteiger partial charge is 0.216 e. The fraction of sp³-hybridized carbons (Fsp3) is 0.145. The number of aromatic nitrogens is 4. The third kappa shape index (κ3) is 8.49. The monoisotopic (exact) mass is 1000 g/mol. The molecule has 0 saturated heterocycles. The number of pyridine rings is 2. The molecular formula is C55H48IrN4OSi-2. The molecule has 0 unspecified atom stereocenters. The molecule has 6 aromatic carbocycles. The molecule has 4 heterocycles. The summed E-state index contributed by atoms with van der Waals surface area (Å²) in [4.78, 5) is 14.8. The topological polar surface area (TPSA) is 56.7 Å². The summed E-state index contributed by atoms with van der Waals surface area (Å²) in [6.45, 7) is 13.8. The van der Waals surface area contributed by atoms with Crippen molar-refractivity contribution in [2.75, 3.05) is 0 Å². The summed E-state index contributed by atoms with van der Waals surface area (Å²) in [5, 5.41) is 3.52. The van der Waals surface area contributed by atoms with Gasteiger partial charge in [0.2, 0.25) is 5.71 Å². The van der Waals surface area contributed by atoms with E-state index in [1.165, 1.54) is 10.8 Å². The van der Waals surface area contributed by atoms with Crippen LogP contribution in [0.3, 0.4) is 0 Å². The van der Waals surface area contributed by atoms with Crippen molar-refractivity contribution < 1.29 is 24.5 Å². The fourth-order valence-electron chi connectivity index (χ4n) is 8.25. The van der Waals surface area contributed by atoms with Crippen LogP contribution >= 0.6 is 0 Å². The molecule has 7 heteroatoms. The van der Waals surface area contributed by atoms with Crippen LogP contribution in [0, 0.1) is 25.0 Å². The molecule has 309 valence electrons. The van der Waals surface area contributed by atoms with Gasteiger partial charge in [-0.15, -0.1) is 53.6 Å². The van der Waals surface area contributed by atoms with Crippen molar-refractivity contribution in [2.45, 2.75) is 46.8 Å². The molecule has 0 bridgehead atoms. The summed E-state index contributed by atoms with van der Waals surface area (Å²) in [5.74, 6) is 1.45. The molecule has 0 aliphatic rings. The molecule has 0 aliphatic carbocycles. The van der Waals surface area contributed by atoms with Gasteiger partial charge in [0.15, 0.2) is 0 Å². The van der Waals surface area contributed by atoms with Gasteiger partial charge < -0.3 is 14.0 Å². The molecule has 0 atom stereocenters. The van der Waals surface area contributed by atoms with Crippen LogP contribution in [0.15, 0.2) is 168 Å². The number of furan rings is 1. The maximum atomic E-state index is 6.59. The minimum atomic E-state index is -1.34. The van der Waals surface area contributed by atoms with Gasteiger partial charge >= 0.3 is 0 Å². The van der Waals surface area contributed by atoms with Gasteiger partial charge in [0.25, 0.3) is 0 Å². The second-order valence-electron chi connectivity index (χ2n) is 17.1. The number of benzene rings is 6. The standard InChI is InChI=1S/C37H24N3O.C18H24NSi.Ir/c1-24-20-21-29(35-34(24)28-22-23-30(39-37(28)41-35)26-14-6-3-7-15-26)36-38-31-17-9-11-19-33(31)40(36)32-18-10-8-16-27(32)25-12-4-2-5-13-25;1-14(2)11-16-12-17(15-9-7-6-8-10-15)19-13-18(16)20(3,4)5;/h2-20,22-23H,1H3;6-9,12-14H,11H2,1-5H3;/q2*-1;. The van der Waals surface area contributed by atoms with E-state index in [-0.39, 0.29) is 20.1 Å². The first-order valence-electron chi connectivity index (χ1n) is 21.0. The minimum absolute atomic E-state index is 0. The Kier molecular flexibility index (Phi) is 12.3. The molecule has 4 aromatic heterocycles. The van der Waals surface area contributed by atoms with Gasteiger partial charge in [0.1, 0.15) is 0 Å². The molecule has 5 nitrogen and oxygen atoms in total. The maximum absolute atomic E-state index is 6.59. The van der Waals surface area contributed by atoms with Gasteiger partial charge in [-0.3, -0.25) is 4.98 Å². The number of nitrogens with zero attached hydrogens (tertiary/aromatic N) is 4. The van der Waals surface area contributed by atoms with Crippen molar-refractivity contribution in [2.24, 2.45) is 5.92 Å². The zero-order valence-corrected chi connectivity index (χ0v) is 39.3. The van der Waals surface area contributed by atoms with Crippen molar-refractivity contribution in [3.8, 4) is 50.7 Å². The Morgan fingerprint density at radius 3 is 2.13 bits per heavy atom. The fourth-order valence-corrected chi connectivity index (χ4v) is 9.84. The van der Waals surface area contributed by atoms with Crippen LogP contribution in [0.25, 0.3) is 83.8 Å². The third-order valence-electron chi connectivity index (χ3n) is 11.1. The molecule has 0 fully saturated rings. The first-order chi connectivity index (χ1) is 29.6. The summed E-state index contributed by atoms with van der Waals surface area (Å²) < 4.78 is 8.82. The number of para-hydroxylation sites is 3. The van der Waals surface area contributed by atoms with E-state index in [2.05, 4.69) is 171 Å². The van der Waals surface area contributed by atoms with Gasteiger partial charge in [-0.25, -0.2) is 4.98 Å². The average Bonchev–Trinajstić information content (AvgIpc) is 3.86. The number of fused-ring (bicyclic) bond motifs is 4. The Morgan fingerprint density at radius 2 is 1.40 bits per heavy atom. The van der Waals surface area contributed by atoms with Gasteiger partial charge in [0.05, 0.1) is 36.2 Å². The van der Waals surface area contributed by atoms with Crippen molar-refractivity contribution >= 4 is 46.4 Å². The summed E-state index contributed by atoms with van der Waals surface area (Å²) >= 11 is 0. The van der Waals surface area contributed by atoms with Crippen LogP contribution in [0.5, 0.6) is 0 Å². The van der Waals surface area contributed by atoms with E-state index in [0.717, 1.165) is 90.1 Å². The number of imidazole rings is 1. The molecule has 62 heavy (non-hydrogen) atoms. The Balaban J connectivity index is 0.000000214. The van der Waals surface area contributed by atoms with Gasteiger partial charge in [-0.05, 0) is 59.1 Å². The minimum Gasteiger partial charge on any atom is -0.486 e. The second kappa shape index (κ2) is 18.0. The van der Waals surface area contributed by atoms with Crippen molar-refractivity contribution in [3.05, 3.63) is 187 Å². The van der Waals surface area contributed by atoms with Gasteiger partial charge in [-0.1, -0.05) is 154 Å². The SMILES string of the molecule is CC(C)Cc1cc(-c2[c-]cccc2)ncc1[Si](C)(C)C.Cc1c[c-]c(-c2nc3ccccc3n2-c2ccccc2-c2ccccc2)c2oc3nc(-c4ccccc4)ccc3c12.[Ir]. The normalized spacial score (nSPS) is 11.5. The van der Waals surface area contributed by atoms with Crippen LogP contribution < -0.4 is 5.19 Å². The van der Waals surface area contributed by atoms with Crippen LogP contribution in [-0.4, -0.2) is 27.6 Å². The molecule has 10 rings (SSSR count). The predicted octanol–water partition coefficient (Wildman–Crippen LogP) is 13.7. The molecule has 0 spiro atoms. The second-order valence-corrected chi connectivity index (χ2v) is 22.1. The Labute approximate surface area is 378 Å².